The van der Waals surface area contributed by atoms with E-state index in [1.807, 2.05) is 22.7 Å². The summed E-state index contributed by atoms with van der Waals surface area (Å²) in [6, 6.07) is 78.0. The molecule has 0 unspecified atom stereocenters. The Balaban J connectivity index is 1.05. The maximum atomic E-state index is 2.43. The van der Waals surface area contributed by atoms with Crippen LogP contribution in [-0.4, -0.2) is 0 Å². The maximum absolute atomic E-state index is 2.43. The quantitative estimate of drug-likeness (QED) is 0.162. The molecule has 0 bridgehead atoms. The molecule has 0 amide bonds. The van der Waals surface area contributed by atoms with E-state index in [1.54, 1.807) is 0 Å². The van der Waals surface area contributed by atoms with Crippen molar-refractivity contribution in [2.75, 3.05) is 4.90 Å². The predicted molar refractivity (Wildman–Crippen MR) is 258 cm³/mol. The molecule has 0 aliphatic rings. The van der Waals surface area contributed by atoms with Crippen LogP contribution in [0.1, 0.15) is 0 Å². The molecular weight excluding hydrogens is 751 g/mol. The van der Waals surface area contributed by atoms with Crippen molar-refractivity contribution in [2.24, 2.45) is 0 Å². The fraction of sp³-hybridized carbons (Fsp3) is 0. The summed E-state index contributed by atoms with van der Waals surface area (Å²) < 4.78 is 5.37. The summed E-state index contributed by atoms with van der Waals surface area (Å²) >= 11 is 3.82. The van der Waals surface area contributed by atoms with E-state index >= 15 is 0 Å². The van der Waals surface area contributed by atoms with Crippen molar-refractivity contribution in [1.29, 1.82) is 0 Å². The number of anilines is 3. The third kappa shape index (κ3) is 5.58. The first-order valence-corrected chi connectivity index (χ1v) is 21.7. The van der Waals surface area contributed by atoms with E-state index in [0.717, 1.165) is 17.1 Å². The van der Waals surface area contributed by atoms with E-state index in [0.29, 0.717) is 0 Å². The highest BCUT2D eigenvalue weighted by molar-refractivity contribution is 7.29. The van der Waals surface area contributed by atoms with Gasteiger partial charge in [0.25, 0.3) is 0 Å². The van der Waals surface area contributed by atoms with Gasteiger partial charge >= 0.3 is 0 Å². The van der Waals surface area contributed by atoms with Gasteiger partial charge in [-0.2, -0.15) is 0 Å². The van der Waals surface area contributed by atoms with Crippen LogP contribution in [0, 0.1) is 0 Å². The molecule has 0 saturated heterocycles. The van der Waals surface area contributed by atoms with Gasteiger partial charge < -0.3 is 4.90 Å². The Hall–Kier alpha value is -7.04. The van der Waals surface area contributed by atoms with Crippen LogP contribution in [0.15, 0.2) is 212 Å². The molecule has 0 fully saturated rings. The summed E-state index contributed by atoms with van der Waals surface area (Å²) in [5.74, 6) is 0. The lowest BCUT2D eigenvalue weighted by Crippen LogP contribution is -2.10. The van der Waals surface area contributed by atoms with Crippen LogP contribution in [-0.2, 0) is 0 Å². The van der Waals surface area contributed by atoms with Crippen molar-refractivity contribution in [1.82, 2.24) is 0 Å². The highest BCUT2D eigenvalue weighted by atomic mass is 32.1. The van der Waals surface area contributed by atoms with Crippen LogP contribution < -0.4 is 4.90 Å². The van der Waals surface area contributed by atoms with Gasteiger partial charge in [-0.25, -0.2) is 0 Å². The van der Waals surface area contributed by atoms with Crippen LogP contribution >= 0.6 is 22.7 Å². The minimum Gasteiger partial charge on any atom is -0.310 e. The summed E-state index contributed by atoms with van der Waals surface area (Å²) in [7, 11) is 0. The van der Waals surface area contributed by atoms with Gasteiger partial charge in [-0.05, 0) is 98.1 Å². The third-order valence-corrected chi connectivity index (χ3v) is 14.2. The lowest BCUT2D eigenvalue weighted by molar-refractivity contribution is 1.30. The average molecular weight is 786 g/mol. The van der Waals surface area contributed by atoms with Crippen LogP contribution in [0.3, 0.4) is 0 Å². The summed E-state index contributed by atoms with van der Waals surface area (Å²) in [6.45, 7) is 0. The molecule has 0 spiro atoms. The number of nitrogens with zero attached hydrogens (tertiary/aromatic N) is 1. The fourth-order valence-electron chi connectivity index (χ4n) is 9.15. The van der Waals surface area contributed by atoms with Crippen LogP contribution in [0.5, 0.6) is 0 Å². The Morgan fingerprint density at radius 1 is 0.288 bits per heavy atom. The minimum atomic E-state index is 1.11. The van der Waals surface area contributed by atoms with Crippen molar-refractivity contribution in [2.45, 2.75) is 0 Å². The Morgan fingerprint density at radius 2 is 0.881 bits per heavy atom. The monoisotopic (exact) mass is 785 g/mol. The summed E-state index contributed by atoms with van der Waals surface area (Å²) in [4.78, 5) is 2.43. The van der Waals surface area contributed by atoms with Crippen LogP contribution in [0.2, 0.25) is 0 Å². The van der Waals surface area contributed by atoms with E-state index in [2.05, 4.69) is 217 Å². The van der Waals surface area contributed by atoms with Crippen molar-refractivity contribution in [3.63, 3.8) is 0 Å². The molecule has 12 aromatic rings. The van der Waals surface area contributed by atoms with Crippen molar-refractivity contribution in [3.8, 4) is 33.4 Å². The fourth-order valence-corrected chi connectivity index (χ4v) is 11.6. The van der Waals surface area contributed by atoms with Gasteiger partial charge in [0.2, 0.25) is 0 Å². The SMILES string of the molecule is c1ccc(-c2ccc(N(c3ccc(-c4cccc5ccccc45)cc3)c3ccc(-c4cccc5sc6ccc7c8ccccc8sc7c6c45)c4ccccc34)cc2)cc1. The molecule has 59 heavy (non-hydrogen) atoms. The molecule has 0 aliphatic heterocycles. The summed E-state index contributed by atoms with van der Waals surface area (Å²) in [6.07, 6.45) is 0. The normalized spacial score (nSPS) is 11.7. The Morgan fingerprint density at radius 3 is 1.69 bits per heavy atom. The number of fused-ring (bicyclic) bond motifs is 9. The molecule has 10 aromatic carbocycles. The van der Waals surface area contributed by atoms with Gasteiger partial charge in [-0.1, -0.05) is 164 Å². The highest BCUT2D eigenvalue weighted by Crippen LogP contribution is 2.49. The average Bonchev–Trinajstić information content (AvgIpc) is 3.89. The molecule has 0 saturated carbocycles. The largest absolute Gasteiger partial charge is 0.310 e. The second kappa shape index (κ2) is 13.8. The van der Waals surface area contributed by atoms with Gasteiger partial charge in [0.15, 0.2) is 0 Å². The first-order valence-electron chi connectivity index (χ1n) is 20.1. The second-order valence-electron chi connectivity index (χ2n) is 15.2. The lowest BCUT2D eigenvalue weighted by Gasteiger charge is -2.28. The van der Waals surface area contributed by atoms with Gasteiger partial charge in [0, 0.05) is 57.1 Å². The van der Waals surface area contributed by atoms with E-state index in [4.69, 9.17) is 0 Å². The van der Waals surface area contributed by atoms with Gasteiger partial charge in [0.05, 0.1) is 5.69 Å². The minimum absolute atomic E-state index is 1.11. The van der Waals surface area contributed by atoms with E-state index in [-0.39, 0.29) is 0 Å². The molecule has 12 rings (SSSR count). The summed E-state index contributed by atoms with van der Waals surface area (Å²) in [5.41, 5.74) is 10.7. The molecule has 0 radical (unpaired) electrons. The second-order valence-corrected chi connectivity index (χ2v) is 17.3. The van der Waals surface area contributed by atoms with E-state index in [1.165, 1.54) is 95.3 Å². The Bertz CT molecular complexity index is 3540. The van der Waals surface area contributed by atoms with Crippen molar-refractivity contribution >= 4 is 102 Å². The predicted octanol–water partition coefficient (Wildman–Crippen LogP) is 17.2. The molecule has 3 heteroatoms. The van der Waals surface area contributed by atoms with Gasteiger partial charge in [-0.15, -0.1) is 22.7 Å². The number of thiophene rings is 2. The van der Waals surface area contributed by atoms with Gasteiger partial charge in [-0.3, -0.25) is 0 Å². The topological polar surface area (TPSA) is 3.24 Å². The van der Waals surface area contributed by atoms with Crippen molar-refractivity contribution in [3.05, 3.63) is 212 Å². The molecule has 0 N–H and O–H groups in total. The molecule has 1 nitrogen and oxygen atoms in total. The van der Waals surface area contributed by atoms with Crippen LogP contribution in [0.25, 0.3) is 95.3 Å². The first kappa shape index (κ1) is 34.0. The third-order valence-electron chi connectivity index (χ3n) is 11.9. The lowest BCUT2D eigenvalue weighted by atomic mass is 9.93. The molecule has 2 aromatic heterocycles. The highest BCUT2D eigenvalue weighted by Gasteiger charge is 2.21. The van der Waals surface area contributed by atoms with Gasteiger partial charge in [0.1, 0.15) is 0 Å². The number of rotatable bonds is 6. The number of benzene rings is 10. The molecule has 2 heterocycles. The zero-order chi connectivity index (χ0) is 38.9. The zero-order valence-electron chi connectivity index (χ0n) is 32.0. The standard InChI is InChI=1S/C56H35NS2/c1-2-12-36(13-3-1)37-24-28-40(29-25-37)57(41-30-26-39(27-31-41)43-20-10-15-38-14-4-5-16-42(38)43)50-34-32-45(44-17-6-7-18-46(44)50)48-21-11-23-52-54(48)55-53(58-52)35-33-49-47-19-8-9-22-51(47)59-56(49)55/h1-35H. The summed E-state index contributed by atoms with van der Waals surface area (Å²) in [5, 5.41) is 10.4. The first-order chi connectivity index (χ1) is 29.3. The molecular formula is C56H35NS2. The number of hydrogen-bond acceptors (Lipinski definition) is 3. The Kier molecular flexibility index (Phi) is 7.97. The number of hydrogen-bond donors (Lipinski definition) is 0. The molecule has 0 atom stereocenters. The maximum Gasteiger partial charge on any atom is 0.0540 e. The smallest absolute Gasteiger partial charge is 0.0540 e. The molecule has 0 aliphatic carbocycles. The molecule has 276 valence electrons. The zero-order valence-corrected chi connectivity index (χ0v) is 33.6. The van der Waals surface area contributed by atoms with Crippen molar-refractivity contribution < 1.29 is 0 Å². The Labute approximate surface area is 350 Å². The van der Waals surface area contributed by atoms with E-state index < -0.39 is 0 Å². The van der Waals surface area contributed by atoms with E-state index in [9.17, 15) is 0 Å². The van der Waals surface area contributed by atoms with Crippen LogP contribution in [0.4, 0.5) is 17.1 Å².